The van der Waals surface area contributed by atoms with Gasteiger partial charge in [0.25, 0.3) is 0 Å². The van der Waals surface area contributed by atoms with E-state index in [0.29, 0.717) is 11.8 Å². The molecule has 122 valence electrons. The number of thiazole rings is 1. The zero-order chi connectivity index (χ0) is 15.7. The van der Waals surface area contributed by atoms with Gasteiger partial charge in [0.1, 0.15) is 5.01 Å². The number of aromatic nitrogens is 1. The molecule has 0 radical (unpaired) electrons. The van der Waals surface area contributed by atoms with Crippen LogP contribution in [0.2, 0.25) is 0 Å². The molecule has 22 heavy (non-hydrogen) atoms. The third-order valence-electron chi connectivity index (χ3n) is 5.18. The number of amides is 1. The van der Waals surface area contributed by atoms with E-state index < -0.39 is 0 Å². The molecular weight excluding hydrogens is 296 g/mol. The predicted octanol–water partition coefficient (Wildman–Crippen LogP) is 1.38. The SMILES string of the molecule is C[C@H]1CN(Cc2nccs2)C[C@@]12CCN(CCN(C)C)C2=O. The average molecular weight is 322 g/mol. The zero-order valence-corrected chi connectivity index (χ0v) is 14.6. The van der Waals surface area contributed by atoms with E-state index >= 15 is 0 Å². The fourth-order valence-electron chi connectivity index (χ4n) is 3.82. The fourth-order valence-corrected chi connectivity index (χ4v) is 4.48. The highest BCUT2D eigenvalue weighted by Crippen LogP contribution is 2.44. The van der Waals surface area contributed by atoms with Crippen LogP contribution in [0, 0.1) is 11.3 Å². The maximum absolute atomic E-state index is 13.0. The van der Waals surface area contributed by atoms with E-state index in [0.717, 1.165) is 50.7 Å². The molecule has 3 rings (SSSR count). The summed E-state index contributed by atoms with van der Waals surface area (Å²) >= 11 is 1.70. The van der Waals surface area contributed by atoms with E-state index in [9.17, 15) is 4.79 Å². The first-order valence-electron chi connectivity index (χ1n) is 8.06. The van der Waals surface area contributed by atoms with Gasteiger partial charge in [0.05, 0.1) is 12.0 Å². The number of rotatable bonds is 5. The molecule has 5 nitrogen and oxygen atoms in total. The molecule has 3 heterocycles. The van der Waals surface area contributed by atoms with Gasteiger partial charge in [-0.05, 0) is 26.4 Å². The van der Waals surface area contributed by atoms with Crippen molar-refractivity contribution in [3.05, 3.63) is 16.6 Å². The Kier molecular flexibility index (Phi) is 4.52. The lowest BCUT2D eigenvalue weighted by Crippen LogP contribution is -2.41. The molecule has 2 atom stereocenters. The van der Waals surface area contributed by atoms with Crippen molar-refractivity contribution in [3.63, 3.8) is 0 Å². The molecule has 0 aromatic carbocycles. The van der Waals surface area contributed by atoms with E-state index in [1.54, 1.807) is 11.3 Å². The lowest BCUT2D eigenvalue weighted by atomic mass is 9.78. The van der Waals surface area contributed by atoms with E-state index in [-0.39, 0.29) is 5.41 Å². The lowest BCUT2D eigenvalue weighted by Gasteiger charge is -2.27. The monoisotopic (exact) mass is 322 g/mol. The third kappa shape index (κ3) is 2.92. The van der Waals surface area contributed by atoms with Gasteiger partial charge in [-0.25, -0.2) is 4.98 Å². The molecule has 6 heteroatoms. The van der Waals surface area contributed by atoms with E-state index in [1.807, 2.05) is 11.6 Å². The fraction of sp³-hybridized carbons (Fsp3) is 0.750. The molecule has 2 fully saturated rings. The van der Waals surface area contributed by atoms with Gasteiger partial charge < -0.3 is 9.80 Å². The maximum Gasteiger partial charge on any atom is 0.230 e. The van der Waals surface area contributed by atoms with Gasteiger partial charge in [0, 0.05) is 44.3 Å². The van der Waals surface area contributed by atoms with Crippen LogP contribution in [0.4, 0.5) is 0 Å². The van der Waals surface area contributed by atoms with Gasteiger partial charge in [-0.2, -0.15) is 0 Å². The summed E-state index contributed by atoms with van der Waals surface area (Å²) in [7, 11) is 4.12. The second kappa shape index (κ2) is 6.26. The highest BCUT2D eigenvalue weighted by molar-refractivity contribution is 7.09. The molecule has 0 bridgehead atoms. The third-order valence-corrected chi connectivity index (χ3v) is 5.95. The summed E-state index contributed by atoms with van der Waals surface area (Å²) in [5.74, 6) is 0.813. The van der Waals surface area contributed by atoms with Crippen LogP contribution in [0.1, 0.15) is 18.4 Å². The molecule has 1 aromatic heterocycles. The van der Waals surface area contributed by atoms with Crippen molar-refractivity contribution in [1.82, 2.24) is 19.7 Å². The van der Waals surface area contributed by atoms with Crippen molar-refractivity contribution in [2.75, 3.05) is 46.8 Å². The molecular formula is C16H26N4OS. The normalized spacial score (nSPS) is 29.4. The molecule has 1 amide bonds. The standard InChI is InChI=1S/C16H26N4OS/c1-13-10-19(11-14-17-5-9-22-14)12-16(13)4-6-20(15(16)21)8-7-18(2)3/h5,9,13H,4,6-8,10-12H2,1-3H3/t13-,16-/m0/s1. The summed E-state index contributed by atoms with van der Waals surface area (Å²) in [6, 6.07) is 0. The highest BCUT2D eigenvalue weighted by atomic mass is 32.1. The zero-order valence-electron chi connectivity index (χ0n) is 13.8. The van der Waals surface area contributed by atoms with Crippen LogP contribution in [0.5, 0.6) is 0 Å². The Morgan fingerprint density at radius 3 is 3.00 bits per heavy atom. The number of hydrogen-bond acceptors (Lipinski definition) is 5. The maximum atomic E-state index is 13.0. The molecule has 1 spiro atoms. The average Bonchev–Trinajstić information content (AvgIpc) is 3.14. The van der Waals surface area contributed by atoms with Crippen molar-refractivity contribution in [1.29, 1.82) is 0 Å². The molecule has 2 aliphatic rings. The van der Waals surface area contributed by atoms with Crippen molar-refractivity contribution < 1.29 is 4.79 Å². The Morgan fingerprint density at radius 1 is 1.50 bits per heavy atom. The minimum absolute atomic E-state index is 0.149. The van der Waals surface area contributed by atoms with Crippen molar-refractivity contribution in [2.24, 2.45) is 11.3 Å². The number of carbonyl (C=O) groups is 1. The second-order valence-electron chi connectivity index (χ2n) is 7.00. The smallest absolute Gasteiger partial charge is 0.230 e. The van der Waals surface area contributed by atoms with Crippen molar-refractivity contribution in [2.45, 2.75) is 19.9 Å². The summed E-state index contributed by atoms with van der Waals surface area (Å²) in [4.78, 5) is 24.0. The summed E-state index contributed by atoms with van der Waals surface area (Å²) in [5, 5.41) is 3.17. The quantitative estimate of drug-likeness (QED) is 0.821. The minimum atomic E-state index is -0.149. The van der Waals surface area contributed by atoms with Crippen molar-refractivity contribution >= 4 is 17.2 Å². The van der Waals surface area contributed by atoms with Crippen LogP contribution in [0.3, 0.4) is 0 Å². The van der Waals surface area contributed by atoms with Crippen LogP contribution in [-0.4, -0.2) is 72.4 Å². The summed E-state index contributed by atoms with van der Waals surface area (Å²) in [6.45, 7) is 7.75. The molecule has 0 N–H and O–H groups in total. The first kappa shape index (κ1) is 15.9. The van der Waals surface area contributed by atoms with Crippen LogP contribution >= 0.6 is 11.3 Å². The van der Waals surface area contributed by atoms with Crippen LogP contribution in [0.15, 0.2) is 11.6 Å². The first-order valence-corrected chi connectivity index (χ1v) is 8.94. The van der Waals surface area contributed by atoms with Gasteiger partial charge in [0.15, 0.2) is 0 Å². The number of likely N-dealkylation sites (N-methyl/N-ethyl adjacent to an activating group) is 1. The molecule has 0 aliphatic carbocycles. The Labute approximate surface area is 136 Å². The molecule has 2 saturated heterocycles. The Hall–Kier alpha value is -0.980. The molecule has 2 aliphatic heterocycles. The number of hydrogen-bond donors (Lipinski definition) is 0. The summed E-state index contributed by atoms with van der Waals surface area (Å²) in [5.41, 5.74) is -0.149. The lowest BCUT2D eigenvalue weighted by molar-refractivity contribution is -0.137. The van der Waals surface area contributed by atoms with Gasteiger partial charge in [-0.3, -0.25) is 9.69 Å². The predicted molar refractivity (Wildman–Crippen MR) is 88.7 cm³/mol. The van der Waals surface area contributed by atoms with Gasteiger partial charge in [-0.1, -0.05) is 6.92 Å². The molecule has 0 saturated carbocycles. The molecule has 1 aromatic rings. The van der Waals surface area contributed by atoms with E-state index in [1.165, 1.54) is 0 Å². The second-order valence-corrected chi connectivity index (χ2v) is 7.98. The van der Waals surface area contributed by atoms with Gasteiger partial charge in [-0.15, -0.1) is 11.3 Å². The highest BCUT2D eigenvalue weighted by Gasteiger charge is 2.54. The topological polar surface area (TPSA) is 39.7 Å². The van der Waals surface area contributed by atoms with Crippen LogP contribution in [0.25, 0.3) is 0 Å². The Morgan fingerprint density at radius 2 is 2.32 bits per heavy atom. The van der Waals surface area contributed by atoms with Crippen LogP contribution < -0.4 is 0 Å². The summed E-state index contributed by atoms with van der Waals surface area (Å²) < 4.78 is 0. The minimum Gasteiger partial charge on any atom is -0.341 e. The largest absolute Gasteiger partial charge is 0.341 e. The molecule has 0 unspecified atom stereocenters. The van der Waals surface area contributed by atoms with E-state index in [2.05, 4.69) is 40.7 Å². The first-order chi connectivity index (χ1) is 10.5. The Bertz CT molecular complexity index is 518. The van der Waals surface area contributed by atoms with E-state index in [4.69, 9.17) is 0 Å². The Balaban J connectivity index is 1.64. The number of nitrogens with zero attached hydrogens (tertiary/aromatic N) is 4. The van der Waals surface area contributed by atoms with Crippen LogP contribution in [-0.2, 0) is 11.3 Å². The number of carbonyl (C=O) groups excluding carboxylic acids is 1. The summed E-state index contributed by atoms with van der Waals surface area (Å²) in [6.07, 6.45) is 2.87. The van der Waals surface area contributed by atoms with Gasteiger partial charge in [0.2, 0.25) is 5.91 Å². The number of likely N-dealkylation sites (tertiary alicyclic amines) is 2. The van der Waals surface area contributed by atoms with Gasteiger partial charge >= 0.3 is 0 Å². The van der Waals surface area contributed by atoms with Crippen molar-refractivity contribution in [3.8, 4) is 0 Å².